The van der Waals surface area contributed by atoms with Gasteiger partial charge < -0.3 is 10.6 Å². The number of benzene rings is 1. The quantitative estimate of drug-likeness (QED) is 0.915. The molecule has 1 aliphatic rings. The molecule has 1 amide bonds. The summed E-state index contributed by atoms with van der Waals surface area (Å²) in [5, 5.41) is 7.19. The van der Waals surface area contributed by atoms with Crippen LogP contribution < -0.4 is 10.6 Å². The van der Waals surface area contributed by atoms with E-state index in [-0.39, 0.29) is 24.4 Å². The summed E-state index contributed by atoms with van der Waals surface area (Å²) < 4.78 is 1.17. The maximum absolute atomic E-state index is 12.0. The summed E-state index contributed by atoms with van der Waals surface area (Å²) in [5.74, 6) is 0.0963. The van der Waals surface area contributed by atoms with Crippen LogP contribution in [0.5, 0.6) is 0 Å². The van der Waals surface area contributed by atoms with Crippen molar-refractivity contribution in [3.63, 3.8) is 0 Å². The van der Waals surface area contributed by atoms with Crippen LogP contribution in [0.4, 0.5) is 0 Å². The van der Waals surface area contributed by atoms with E-state index in [1.165, 1.54) is 11.1 Å². The van der Waals surface area contributed by atoms with Gasteiger partial charge in [0.1, 0.15) is 5.01 Å². The molecule has 1 aliphatic heterocycles. The predicted molar refractivity (Wildman–Crippen MR) is 84.4 cm³/mol. The van der Waals surface area contributed by atoms with Crippen LogP contribution in [-0.4, -0.2) is 23.5 Å². The van der Waals surface area contributed by atoms with Crippen molar-refractivity contribution in [2.75, 3.05) is 6.54 Å². The van der Waals surface area contributed by atoms with Crippen LogP contribution in [-0.2, 0) is 11.3 Å². The monoisotopic (exact) mass is 311 g/mol. The standard InChI is InChI=1S/C14H17N3OS.ClH/c18-14(11-6-3-4-8-15-11)16-9-13-17-10-5-1-2-7-12(10)19-13;/h1-2,5,7,11,15H,3-4,6,8-9H2,(H,16,18);1H/t11-;/m1./s1. The Bertz CT molecular complexity index is 548. The number of carbonyl (C=O) groups excluding carboxylic acids is 1. The number of piperidine rings is 1. The molecule has 3 rings (SSSR count). The summed E-state index contributed by atoms with van der Waals surface area (Å²) >= 11 is 1.64. The Kier molecular flexibility index (Phi) is 5.34. The molecule has 20 heavy (non-hydrogen) atoms. The first kappa shape index (κ1) is 15.2. The molecule has 2 aromatic rings. The van der Waals surface area contributed by atoms with E-state index in [9.17, 15) is 4.79 Å². The zero-order valence-corrected chi connectivity index (χ0v) is 12.7. The summed E-state index contributed by atoms with van der Waals surface area (Å²) in [6, 6.07) is 8.02. The fourth-order valence-electron chi connectivity index (χ4n) is 2.36. The number of hydrogen-bond acceptors (Lipinski definition) is 4. The van der Waals surface area contributed by atoms with Crippen molar-refractivity contribution in [3.8, 4) is 0 Å². The van der Waals surface area contributed by atoms with E-state index in [2.05, 4.69) is 21.7 Å². The number of nitrogens with zero attached hydrogens (tertiary/aromatic N) is 1. The smallest absolute Gasteiger partial charge is 0.237 e. The molecule has 0 bridgehead atoms. The van der Waals surface area contributed by atoms with Crippen LogP contribution >= 0.6 is 23.7 Å². The lowest BCUT2D eigenvalue weighted by atomic mass is 10.0. The minimum absolute atomic E-state index is 0. The number of para-hydroxylation sites is 1. The first-order valence-corrected chi connectivity index (χ1v) is 7.50. The van der Waals surface area contributed by atoms with Gasteiger partial charge >= 0.3 is 0 Å². The number of amides is 1. The predicted octanol–water partition coefficient (Wildman–Crippen LogP) is 2.48. The van der Waals surface area contributed by atoms with Gasteiger partial charge in [0.2, 0.25) is 5.91 Å². The molecule has 1 aromatic carbocycles. The fourth-order valence-corrected chi connectivity index (χ4v) is 3.26. The van der Waals surface area contributed by atoms with Crippen molar-refractivity contribution in [2.45, 2.75) is 31.8 Å². The van der Waals surface area contributed by atoms with E-state index in [1.807, 2.05) is 18.2 Å². The number of carbonyl (C=O) groups is 1. The molecule has 2 N–H and O–H groups in total. The van der Waals surface area contributed by atoms with Gasteiger partial charge in [-0.3, -0.25) is 4.79 Å². The van der Waals surface area contributed by atoms with Gasteiger partial charge in [-0.05, 0) is 31.5 Å². The minimum Gasteiger partial charge on any atom is -0.348 e. The Morgan fingerprint density at radius 1 is 1.40 bits per heavy atom. The normalized spacial score (nSPS) is 18.5. The van der Waals surface area contributed by atoms with Gasteiger partial charge in [0.05, 0.1) is 22.8 Å². The summed E-state index contributed by atoms with van der Waals surface area (Å²) in [5.41, 5.74) is 1.01. The fraction of sp³-hybridized carbons (Fsp3) is 0.429. The Balaban J connectivity index is 0.00000147. The van der Waals surface area contributed by atoms with Crippen molar-refractivity contribution in [1.29, 1.82) is 0 Å². The van der Waals surface area contributed by atoms with Crippen LogP contribution in [0.1, 0.15) is 24.3 Å². The molecule has 6 heteroatoms. The van der Waals surface area contributed by atoms with Crippen LogP contribution in [0.25, 0.3) is 10.2 Å². The maximum atomic E-state index is 12.0. The molecule has 2 heterocycles. The lowest BCUT2D eigenvalue weighted by Gasteiger charge is -2.22. The average molecular weight is 312 g/mol. The van der Waals surface area contributed by atoms with E-state index < -0.39 is 0 Å². The van der Waals surface area contributed by atoms with Crippen LogP contribution in [0, 0.1) is 0 Å². The van der Waals surface area contributed by atoms with E-state index in [1.54, 1.807) is 11.3 Å². The van der Waals surface area contributed by atoms with E-state index in [0.29, 0.717) is 6.54 Å². The molecule has 1 aromatic heterocycles. The molecule has 0 aliphatic carbocycles. The maximum Gasteiger partial charge on any atom is 0.237 e. The number of aromatic nitrogens is 1. The van der Waals surface area contributed by atoms with Crippen LogP contribution in [0.2, 0.25) is 0 Å². The van der Waals surface area contributed by atoms with Gasteiger partial charge in [0.15, 0.2) is 0 Å². The highest BCUT2D eigenvalue weighted by Gasteiger charge is 2.20. The molecule has 0 saturated carbocycles. The van der Waals surface area contributed by atoms with Gasteiger partial charge in [-0.15, -0.1) is 23.7 Å². The van der Waals surface area contributed by atoms with E-state index in [4.69, 9.17) is 0 Å². The Morgan fingerprint density at radius 2 is 2.25 bits per heavy atom. The van der Waals surface area contributed by atoms with E-state index >= 15 is 0 Å². The second-order valence-electron chi connectivity index (χ2n) is 4.80. The van der Waals surface area contributed by atoms with Crippen molar-refractivity contribution in [2.24, 2.45) is 0 Å². The van der Waals surface area contributed by atoms with Crippen molar-refractivity contribution < 1.29 is 4.79 Å². The first-order chi connectivity index (χ1) is 9.33. The third-order valence-electron chi connectivity index (χ3n) is 3.38. The highest BCUT2D eigenvalue weighted by atomic mass is 35.5. The highest BCUT2D eigenvalue weighted by molar-refractivity contribution is 7.18. The van der Waals surface area contributed by atoms with Gasteiger partial charge in [0, 0.05) is 0 Å². The average Bonchev–Trinajstić information content (AvgIpc) is 2.88. The topological polar surface area (TPSA) is 54.0 Å². The summed E-state index contributed by atoms with van der Waals surface area (Å²) in [7, 11) is 0. The summed E-state index contributed by atoms with van der Waals surface area (Å²) in [6.07, 6.45) is 3.24. The number of hydrogen-bond donors (Lipinski definition) is 2. The van der Waals surface area contributed by atoms with Crippen molar-refractivity contribution >= 4 is 39.9 Å². The number of nitrogens with one attached hydrogen (secondary N) is 2. The molecule has 0 radical (unpaired) electrons. The van der Waals surface area contributed by atoms with Crippen LogP contribution in [0.15, 0.2) is 24.3 Å². The third-order valence-corrected chi connectivity index (χ3v) is 4.42. The number of thiazole rings is 1. The molecular formula is C14H18ClN3OS. The second kappa shape index (κ2) is 7.02. The molecule has 0 unspecified atom stereocenters. The SMILES string of the molecule is Cl.O=C(NCc1nc2ccccc2s1)[C@H]1CCCCN1. The number of rotatable bonds is 3. The minimum atomic E-state index is -0.0249. The summed E-state index contributed by atoms with van der Waals surface area (Å²) in [4.78, 5) is 16.5. The first-order valence-electron chi connectivity index (χ1n) is 6.68. The molecule has 4 nitrogen and oxygen atoms in total. The lowest BCUT2D eigenvalue weighted by molar-refractivity contribution is -0.123. The second-order valence-corrected chi connectivity index (χ2v) is 5.91. The number of fused-ring (bicyclic) bond motifs is 1. The van der Waals surface area contributed by atoms with Gasteiger partial charge in [0.25, 0.3) is 0 Å². The zero-order valence-electron chi connectivity index (χ0n) is 11.1. The Morgan fingerprint density at radius 3 is 3.00 bits per heavy atom. The number of halogens is 1. The van der Waals surface area contributed by atoms with Gasteiger partial charge in [-0.25, -0.2) is 4.98 Å². The van der Waals surface area contributed by atoms with Crippen molar-refractivity contribution in [3.05, 3.63) is 29.3 Å². The molecule has 1 fully saturated rings. The lowest BCUT2D eigenvalue weighted by Crippen LogP contribution is -2.46. The highest BCUT2D eigenvalue weighted by Crippen LogP contribution is 2.21. The van der Waals surface area contributed by atoms with Crippen LogP contribution in [0.3, 0.4) is 0 Å². The summed E-state index contributed by atoms with van der Waals surface area (Å²) in [6.45, 7) is 1.47. The third kappa shape index (κ3) is 3.48. The van der Waals surface area contributed by atoms with Gasteiger partial charge in [-0.1, -0.05) is 18.6 Å². The molecule has 0 spiro atoms. The zero-order chi connectivity index (χ0) is 13.1. The Hall–Kier alpha value is -1.17. The molecule has 1 saturated heterocycles. The van der Waals surface area contributed by atoms with Crippen molar-refractivity contribution in [1.82, 2.24) is 15.6 Å². The molecule has 108 valence electrons. The largest absolute Gasteiger partial charge is 0.348 e. The van der Waals surface area contributed by atoms with E-state index in [0.717, 1.165) is 29.9 Å². The molecule has 1 atom stereocenters. The Labute approximate surface area is 128 Å². The van der Waals surface area contributed by atoms with Gasteiger partial charge in [-0.2, -0.15) is 0 Å². The molecular weight excluding hydrogens is 294 g/mol.